The Morgan fingerprint density at radius 2 is 1.96 bits per heavy atom. The number of amides is 1. The minimum absolute atomic E-state index is 0.125. The number of carbonyl (C=O) groups is 1. The molecule has 1 amide bonds. The number of rotatable bonds is 4. The Morgan fingerprint density at radius 1 is 1.21 bits per heavy atom. The van der Waals surface area contributed by atoms with Crippen LogP contribution in [-0.2, 0) is 17.8 Å². The van der Waals surface area contributed by atoms with Crippen LogP contribution >= 0.6 is 11.3 Å². The lowest BCUT2D eigenvalue weighted by Crippen LogP contribution is -2.16. The van der Waals surface area contributed by atoms with Crippen LogP contribution in [0.2, 0.25) is 0 Å². The van der Waals surface area contributed by atoms with Gasteiger partial charge in [0.15, 0.2) is 4.80 Å². The maximum absolute atomic E-state index is 12.3. The molecule has 0 bridgehead atoms. The molecule has 0 aliphatic carbocycles. The molecule has 0 saturated heterocycles. The zero-order valence-corrected chi connectivity index (χ0v) is 14.9. The lowest BCUT2D eigenvalue weighted by Gasteiger charge is -2.02. The fourth-order valence-electron chi connectivity index (χ4n) is 2.60. The Kier molecular flexibility index (Phi) is 4.81. The number of methoxy groups -OCH3 is 1. The van der Waals surface area contributed by atoms with Crippen LogP contribution in [0.1, 0.15) is 18.1 Å². The van der Waals surface area contributed by atoms with E-state index >= 15 is 0 Å². The zero-order valence-electron chi connectivity index (χ0n) is 14.1. The smallest absolute Gasteiger partial charge is 0.252 e. The van der Waals surface area contributed by atoms with Gasteiger partial charge in [0.1, 0.15) is 5.75 Å². The molecule has 4 nitrogen and oxygen atoms in total. The van der Waals surface area contributed by atoms with E-state index in [0.717, 1.165) is 32.9 Å². The minimum Gasteiger partial charge on any atom is -0.497 e. The molecule has 0 unspecified atom stereocenters. The van der Waals surface area contributed by atoms with Crippen LogP contribution in [0.25, 0.3) is 10.2 Å². The average molecular weight is 340 g/mol. The van der Waals surface area contributed by atoms with Gasteiger partial charge >= 0.3 is 0 Å². The molecule has 0 aliphatic rings. The van der Waals surface area contributed by atoms with E-state index in [-0.39, 0.29) is 5.91 Å². The molecule has 0 spiro atoms. The molecule has 5 heteroatoms. The van der Waals surface area contributed by atoms with Gasteiger partial charge in [-0.1, -0.05) is 41.2 Å². The SMILES string of the molecule is CCn1c(=NC(=O)Cc2ccc(C)cc2)sc2cc(OC)ccc21. The van der Waals surface area contributed by atoms with Crippen molar-refractivity contribution >= 4 is 27.5 Å². The highest BCUT2D eigenvalue weighted by molar-refractivity contribution is 7.16. The molecule has 0 radical (unpaired) electrons. The summed E-state index contributed by atoms with van der Waals surface area (Å²) in [6.45, 7) is 4.86. The summed E-state index contributed by atoms with van der Waals surface area (Å²) in [5, 5.41) is 0. The van der Waals surface area contributed by atoms with Gasteiger partial charge in [0.2, 0.25) is 0 Å². The third kappa shape index (κ3) is 3.41. The van der Waals surface area contributed by atoms with Crippen LogP contribution < -0.4 is 9.54 Å². The highest BCUT2D eigenvalue weighted by atomic mass is 32.1. The quantitative estimate of drug-likeness (QED) is 0.727. The molecule has 3 aromatic rings. The summed E-state index contributed by atoms with van der Waals surface area (Å²) in [7, 11) is 1.65. The monoisotopic (exact) mass is 340 g/mol. The van der Waals surface area contributed by atoms with E-state index in [4.69, 9.17) is 4.74 Å². The predicted molar refractivity (Wildman–Crippen MR) is 97.5 cm³/mol. The van der Waals surface area contributed by atoms with Crippen LogP contribution in [-0.4, -0.2) is 17.6 Å². The van der Waals surface area contributed by atoms with Crippen molar-refractivity contribution in [3.8, 4) is 5.75 Å². The van der Waals surface area contributed by atoms with Crippen molar-refractivity contribution < 1.29 is 9.53 Å². The standard InChI is InChI=1S/C19H20N2O2S/c1-4-21-16-10-9-15(23-3)12-17(16)24-19(21)20-18(22)11-14-7-5-13(2)6-8-14/h5-10,12H,4,11H2,1-3H3. The number of ether oxygens (including phenoxy) is 1. The fourth-order valence-corrected chi connectivity index (χ4v) is 3.74. The summed E-state index contributed by atoms with van der Waals surface area (Å²) in [6.07, 6.45) is 0.321. The molecule has 24 heavy (non-hydrogen) atoms. The number of thiazole rings is 1. The maximum atomic E-state index is 12.3. The van der Waals surface area contributed by atoms with Crippen LogP contribution in [0.15, 0.2) is 47.5 Å². The first-order valence-corrected chi connectivity index (χ1v) is 8.73. The topological polar surface area (TPSA) is 43.6 Å². The second-order valence-corrected chi connectivity index (χ2v) is 6.64. The van der Waals surface area contributed by atoms with Gasteiger partial charge in [-0.05, 0) is 37.6 Å². The van der Waals surface area contributed by atoms with E-state index in [1.54, 1.807) is 7.11 Å². The summed E-state index contributed by atoms with van der Waals surface area (Å²) in [5.74, 6) is 0.684. The van der Waals surface area contributed by atoms with Crippen molar-refractivity contribution in [1.82, 2.24) is 4.57 Å². The van der Waals surface area contributed by atoms with Gasteiger partial charge in [0, 0.05) is 6.54 Å². The van der Waals surface area contributed by atoms with Crippen molar-refractivity contribution in [3.05, 3.63) is 58.4 Å². The number of hydrogen-bond donors (Lipinski definition) is 0. The molecule has 0 aliphatic heterocycles. The number of hydrogen-bond acceptors (Lipinski definition) is 3. The molecule has 0 saturated carbocycles. The molecule has 1 aromatic heterocycles. The highest BCUT2D eigenvalue weighted by Gasteiger charge is 2.08. The van der Waals surface area contributed by atoms with E-state index in [1.165, 1.54) is 16.9 Å². The minimum atomic E-state index is -0.125. The maximum Gasteiger partial charge on any atom is 0.252 e. The van der Waals surface area contributed by atoms with E-state index in [1.807, 2.05) is 49.4 Å². The van der Waals surface area contributed by atoms with Crippen LogP contribution in [0, 0.1) is 6.92 Å². The van der Waals surface area contributed by atoms with Gasteiger partial charge in [-0.15, -0.1) is 0 Å². The fraction of sp³-hybridized carbons (Fsp3) is 0.263. The van der Waals surface area contributed by atoms with Gasteiger partial charge in [0.25, 0.3) is 5.91 Å². The number of benzene rings is 2. The van der Waals surface area contributed by atoms with Crippen LogP contribution in [0.4, 0.5) is 0 Å². The average Bonchev–Trinajstić information content (AvgIpc) is 2.92. The Morgan fingerprint density at radius 3 is 2.62 bits per heavy atom. The van der Waals surface area contributed by atoms with Gasteiger partial charge in [-0.3, -0.25) is 4.79 Å². The van der Waals surface area contributed by atoms with E-state index in [2.05, 4.69) is 16.5 Å². The van der Waals surface area contributed by atoms with E-state index < -0.39 is 0 Å². The summed E-state index contributed by atoms with van der Waals surface area (Å²) in [6, 6.07) is 13.9. The second kappa shape index (κ2) is 7.01. The summed E-state index contributed by atoms with van der Waals surface area (Å²) < 4.78 is 8.40. The molecule has 0 atom stereocenters. The van der Waals surface area contributed by atoms with Gasteiger partial charge in [0.05, 0.1) is 23.7 Å². The van der Waals surface area contributed by atoms with Gasteiger partial charge in [-0.2, -0.15) is 4.99 Å². The Hall–Kier alpha value is -2.40. The number of carbonyl (C=O) groups excluding carboxylic acids is 1. The predicted octanol–water partition coefficient (Wildman–Crippen LogP) is 3.71. The molecular formula is C19H20N2O2S. The number of aromatic nitrogens is 1. The molecule has 1 heterocycles. The van der Waals surface area contributed by atoms with Gasteiger partial charge < -0.3 is 9.30 Å². The first-order valence-electron chi connectivity index (χ1n) is 7.91. The summed E-state index contributed by atoms with van der Waals surface area (Å²) >= 11 is 1.51. The molecule has 124 valence electrons. The Labute approximate surface area is 145 Å². The largest absolute Gasteiger partial charge is 0.497 e. The molecule has 3 rings (SSSR count). The number of aryl methyl sites for hydroxylation is 2. The van der Waals surface area contributed by atoms with Crippen molar-refractivity contribution in [1.29, 1.82) is 0 Å². The van der Waals surface area contributed by atoms with Gasteiger partial charge in [-0.25, -0.2) is 0 Å². The highest BCUT2D eigenvalue weighted by Crippen LogP contribution is 2.23. The zero-order chi connectivity index (χ0) is 17.1. The van der Waals surface area contributed by atoms with Crippen LogP contribution in [0.3, 0.4) is 0 Å². The third-order valence-corrected chi connectivity index (χ3v) is 4.94. The first kappa shape index (κ1) is 16.5. The summed E-state index contributed by atoms with van der Waals surface area (Å²) in [5.41, 5.74) is 3.25. The lowest BCUT2D eigenvalue weighted by atomic mass is 10.1. The second-order valence-electron chi connectivity index (χ2n) is 5.63. The van der Waals surface area contributed by atoms with E-state index in [0.29, 0.717) is 6.42 Å². The van der Waals surface area contributed by atoms with Crippen molar-refractivity contribution in [2.24, 2.45) is 4.99 Å². The molecular weight excluding hydrogens is 320 g/mol. The number of fused-ring (bicyclic) bond motifs is 1. The summed E-state index contributed by atoms with van der Waals surface area (Å²) in [4.78, 5) is 17.4. The normalized spacial score (nSPS) is 11.9. The van der Waals surface area contributed by atoms with Crippen molar-refractivity contribution in [2.75, 3.05) is 7.11 Å². The van der Waals surface area contributed by atoms with E-state index in [9.17, 15) is 4.79 Å². The number of nitrogens with zero attached hydrogens (tertiary/aromatic N) is 2. The molecule has 2 aromatic carbocycles. The van der Waals surface area contributed by atoms with Crippen molar-refractivity contribution in [3.63, 3.8) is 0 Å². The lowest BCUT2D eigenvalue weighted by molar-refractivity contribution is -0.117. The molecule has 0 fully saturated rings. The Bertz CT molecular complexity index is 936. The third-order valence-electron chi connectivity index (χ3n) is 3.90. The van der Waals surface area contributed by atoms with Crippen molar-refractivity contribution in [2.45, 2.75) is 26.8 Å². The first-order chi connectivity index (χ1) is 11.6. The Balaban J connectivity index is 1.96. The van der Waals surface area contributed by atoms with Crippen LogP contribution in [0.5, 0.6) is 5.75 Å². The molecule has 0 N–H and O–H groups in total.